The first-order valence-corrected chi connectivity index (χ1v) is 6.52. The minimum atomic E-state index is 0.183. The predicted molar refractivity (Wildman–Crippen MR) is 67.4 cm³/mol. The van der Waals surface area contributed by atoms with Gasteiger partial charge in [0.25, 0.3) is 0 Å². The molecular weight excluding hydrogens is 200 g/mol. The molecule has 1 heterocycles. The van der Waals surface area contributed by atoms with Crippen LogP contribution in [0.5, 0.6) is 0 Å². The molecule has 1 rings (SSSR count). The Hall–Kier alpha value is -0.570. The minimum Gasteiger partial charge on any atom is -0.343 e. The molecule has 0 radical (unpaired) electrons. The first kappa shape index (κ1) is 13.5. The third-order valence-electron chi connectivity index (χ3n) is 2.93. The van der Waals surface area contributed by atoms with Crippen molar-refractivity contribution in [2.75, 3.05) is 19.6 Å². The van der Waals surface area contributed by atoms with Crippen LogP contribution in [-0.2, 0) is 4.79 Å². The molecule has 3 heteroatoms. The molecule has 0 aliphatic carbocycles. The van der Waals surface area contributed by atoms with E-state index in [4.69, 9.17) is 0 Å². The lowest BCUT2D eigenvalue weighted by atomic mass is 10.1. The summed E-state index contributed by atoms with van der Waals surface area (Å²) < 4.78 is 0. The Balaban J connectivity index is 2.18. The van der Waals surface area contributed by atoms with Gasteiger partial charge in [0.05, 0.1) is 0 Å². The lowest BCUT2D eigenvalue weighted by Crippen LogP contribution is -2.38. The lowest BCUT2D eigenvalue weighted by Gasteiger charge is -2.23. The zero-order valence-electron chi connectivity index (χ0n) is 11.0. The van der Waals surface area contributed by atoms with Gasteiger partial charge in [0.1, 0.15) is 0 Å². The van der Waals surface area contributed by atoms with E-state index in [0.29, 0.717) is 5.91 Å². The summed E-state index contributed by atoms with van der Waals surface area (Å²) in [5, 5.41) is 3.45. The average molecular weight is 226 g/mol. The number of nitrogens with zero attached hydrogens (tertiary/aromatic N) is 1. The van der Waals surface area contributed by atoms with Crippen molar-refractivity contribution in [1.82, 2.24) is 10.2 Å². The molecule has 0 aromatic heterocycles. The van der Waals surface area contributed by atoms with Crippen molar-refractivity contribution in [2.24, 2.45) is 0 Å². The Bertz CT molecular complexity index is 220. The van der Waals surface area contributed by atoms with Crippen molar-refractivity contribution in [1.29, 1.82) is 0 Å². The number of amides is 1. The molecule has 94 valence electrons. The van der Waals surface area contributed by atoms with Crippen LogP contribution in [0.4, 0.5) is 0 Å². The first-order chi connectivity index (χ1) is 7.49. The van der Waals surface area contributed by atoms with Gasteiger partial charge in [-0.3, -0.25) is 4.79 Å². The fraction of sp³-hybridized carbons (Fsp3) is 0.923. The Labute approximate surface area is 99.6 Å². The monoisotopic (exact) mass is 226 g/mol. The van der Waals surface area contributed by atoms with Crippen LogP contribution in [0.1, 0.15) is 52.9 Å². The van der Waals surface area contributed by atoms with Crippen molar-refractivity contribution in [3.63, 3.8) is 0 Å². The number of likely N-dealkylation sites (tertiary alicyclic amines) is 1. The zero-order chi connectivity index (χ0) is 12.0. The van der Waals surface area contributed by atoms with Gasteiger partial charge in [-0.25, -0.2) is 0 Å². The normalized spacial score (nSPS) is 18.7. The molecule has 1 amide bonds. The largest absolute Gasteiger partial charge is 0.343 e. The van der Waals surface area contributed by atoms with Crippen molar-refractivity contribution >= 4 is 5.91 Å². The molecule has 1 N–H and O–H groups in total. The fourth-order valence-corrected chi connectivity index (χ4v) is 2.01. The Morgan fingerprint density at radius 1 is 1.25 bits per heavy atom. The fourth-order valence-electron chi connectivity index (χ4n) is 2.01. The van der Waals surface area contributed by atoms with E-state index in [2.05, 4.69) is 26.1 Å². The molecule has 0 spiro atoms. The summed E-state index contributed by atoms with van der Waals surface area (Å²) in [6.07, 6.45) is 5.28. The lowest BCUT2D eigenvalue weighted by molar-refractivity contribution is -0.130. The van der Waals surface area contributed by atoms with Gasteiger partial charge in [-0.1, -0.05) is 6.42 Å². The molecule has 0 atom stereocenters. The summed E-state index contributed by atoms with van der Waals surface area (Å²) in [7, 11) is 0. The number of carbonyl (C=O) groups is 1. The highest BCUT2D eigenvalue weighted by Crippen LogP contribution is 2.11. The first-order valence-electron chi connectivity index (χ1n) is 6.52. The molecule has 3 nitrogen and oxygen atoms in total. The maximum atomic E-state index is 11.7. The van der Waals surface area contributed by atoms with Gasteiger partial charge in [-0.05, 0) is 46.6 Å². The topological polar surface area (TPSA) is 32.3 Å². The zero-order valence-corrected chi connectivity index (χ0v) is 11.0. The van der Waals surface area contributed by atoms with Gasteiger partial charge in [0.2, 0.25) is 5.91 Å². The van der Waals surface area contributed by atoms with Crippen LogP contribution in [0.2, 0.25) is 0 Å². The number of hydrogen-bond donors (Lipinski definition) is 1. The second-order valence-electron chi connectivity index (χ2n) is 5.72. The smallest absolute Gasteiger partial charge is 0.222 e. The van der Waals surface area contributed by atoms with Gasteiger partial charge in [-0.2, -0.15) is 0 Å². The van der Waals surface area contributed by atoms with E-state index in [0.717, 1.165) is 38.9 Å². The maximum Gasteiger partial charge on any atom is 0.222 e. The third-order valence-corrected chi connectivity index (χ3v) is 2.93. The highest BCUT2D eigenvalue weighted by Gasteiger charge is 2.16. The van der Waals surface area contributed by atoms with E-state index < -0.39 is 0 Å². The van der Waals surface area contributed by atoms with Crippen LogP contribution in [-0.4, -0.2) is 36.0 Å². The van der Waals surface area contributed by atoms with E-state index in [-0.39, 0.29) is 5.54 Å². The van der Waals surface area contributed by atoms with Crippen molar-refractivity contribution < 1.29 is 4.79 Å². The number of hydrogen-bond acceptors (Lipinski definition) is 2. The average Bonchev–Trinajstić information content (AvgIpc) is 2.37. The summed E-state index contributed by atoms with van der Waals surface area (Å²) >= 11 is 0. The molecule has 1 aliphatic heterocycles. The number of nitrogens with one attached hydrogen (secondary N) is 1. The van der Waals surface area contributed by atoms with Crippen molar-refractivity contribution in [2.45, 2.75) is 58.4 Å². The summed E-state index contributed by atoms with van der Waals surface area (Å²) in [6.45, 7) is 9.39. The standard InChI is InChI=1S/C13H26N2O/c1-13(2,3)14-9-7-11-15-10-6-4-5-8-12(15)16/h14H,4-11H2,1-3H3. The van der Waals surface area contributed by atoms with Crippen LogP contribution in [0.25, 0.3) is 0 Å². The molecule has 0 aromatic rings. The van der Waals surface area contributed by atoms with Gasteiger partial charge >= 0.3 is 0 Å². The van der Waals surface area contributed by atoms with Crippen LogP contribution in [0.3, 0.4) is 0 Å². The second kappa shape index (κ2) is 6.24. The molecule has 16 heavy (non-hydrogen) atoms. The third kappa shape index (κ3) is 5.50. The Morgan fingerprint density at radius 3 is 2.69 bits per heavy atom. The molecule has 1 aliphatic rings. The minimum absolute atomic E-state index is 0.183. The summed E-state index contributed by atoms with van der Waals surface area (Å²) in [6, 6.07) is 0. The van der Waals surface area contributed by atoms with Crippen LogP contribution >= 0.6 is 0 Å². The van der Waals surface area contributed by atoms with Crippen LogP contribution in [0, 0.1) is 0 Å². The van der Waals surface area contributed by atoms with E-state index in [9.17, 15) is 4.79 Å². The summed E-state index contributed by atoms with van der Waals surface area (Å²) in [4.78, 5) is 13.7. The van der Waals surface area contributed by atoms with E-state index in [1.807, 2.05) is 4.90 Å². The van der Waals surface area contributed by atoms with Crippen molar-refractivity contribution in [3.05, 3.63) is 0 Å². The molecule has 0 bridgehead atoms. The molecular formula is C13H26N2O. The molecule has 0 saturated carbocycles. The predicted octanol–water partition coefficient (Wildman–Crippen LogP) is 2.17. The van der Waals surface area contributed by atoms with Gasteiger partial charge in [0.15, 0.2) is 0 Å². The summed E-state index contributed by atoms with van der Waals surface area (Å²) in [5.41, 5.74) is 0.183. The quantitative estimate of drug-likeness (QED) is 0.745. The molecule has 0 unspecified atom stereocenters. The van der Waals surface area contributed by atoms with E-state index in [1.54, 1.807) is 0 Å². The Morgan fingerprint density at radius 2 is 2.00 bits per heavy atom. The molecule has 0 aromatic carbocycles. The highest BCUT2D eigenvalue weighted by molar-refractivity contribution is 5.76. The number of carbonyl (C=O) groups excluding carboxylic acids is 1. The maximum absolute atomic E-state index is 11.7. The van der Waals surface area contributed by atoms with Gasteiger partial charge < -0.3 is 10.2 Å². The van der Waals surface area contributed by atoms with Crippen LogP contribution in [0.15, 0.2) is 0 Å². The van der Waals surface area contributed by atoms with Crippen LogP contribution < -0.4 is 5.32 Å². The van der Waals surface area contributed by atoms with Gasteiger partial charge in [0, 0.05) is 25.0 Å². The Kier molecular flexibility index (Phi) is 5.26. The molecule has 1 fully saturated rings. The SMILES string of the molecule is CC(C)(C)NCCCN1CCCCCC1=O. The summed E-state index contributed by atoms with van der Waals surface area (Å²) in [5.74, 6) is 0.355. The van der Waals surface area contributed by atoms with E-state index >= 15 is 0 Å². The number of rotatable bonds is 4. The molecule has 1 saturated heterocycles. The van der Waals surface area contributed by atoms with E-state index in [1.165, 1.54) is 12.8 Å². The van der Waals surface area contributed by atoms with Gasteiger partial charge in [-0.15, -0.1) is 0 Å². The van der Waals surface area contributed by atoms with Crippen molar-refractivity contribution in [3.8, 4) is 0 Å². The second-order valence-corrected chi connectivity index (χ2v) is 5.72. The highest BCUT2D eigenvalue weighted by atomic mass is 16.2.